The van der Waals surface area contributed by atoms with Crippen molar-refractivity contribution in [1.82, 2.24) is 10.6 Å². The lowest BCUT2D eigenvalue weighted by atomic mass is 10.1. The number of primary amides is 1. The number of carbonyl (C=O) groups is 4. The third kappa shape index (κ3) is 7.28. The van der Waals surface area contributed by atoms with Gasteiger partial charge < -0.3 is 32.3 Å². The highest BCUT2D eigenvalue weighted by Gasteiger charge is 2.24. The van der Waals surface area contributed by atoms with Crippen LogP contribution in [0.4, 0.5) is 0 Å². The molecule has 0 fully saturated rings. The normalized spacial score (nSPS) is 13.1. The minimum atomic E-state index is -1.26. The third-order valence-electron chi connectivity index (χ3n) is 2.26. The van der Waals surface area contributed by atoms with Gasteiger partial charge in [-0.15, -0.1) is 0 Å². The van der Waals surface area contributed by atoms with E-state index in [2.05, 4.69) is 10.6 Å². The van der Waals surface area contributed by atoms with E-state index in [1.165, 1.54) is 0 Å². The standard InChI is InChI=1S/C10H18N4O6/c11-5(4-15)9(19)14-6(1-2-7(12)16)10(20)13-3-8(17)18/h5-6,15H,1-4,11H2,(H2,12,16)(H,13,20)(H,14,19)(H,17,18)/t5-,6-/m0/s1. The number of hydrogen-bond acceptors (Lipinski definition) is 6. The van der Waals surface area contributed by atoms with Crippen LogP contribution in [0.3, 0.4) is 0 Å². The van der Waals surface area contributed by atoms with E-state index in [1.807, 2.05) is 0 Å². The number of hydrogen-bond donors (Lipinski definition) is 6. The molecule has 0 bridgehead atoms. The lowest BCUT2D eigenvalue weighted by molar-refractivity contribution is -0.138. The predicted octanol–water partition coefficient (Wildman–Crippen LogP) is -3.74. The number of aliphatic hydroxyl groups excluding tert-OH is 1. The molecule has 0 aliphatic heterocycles. The van der Waals surface area contributed by atoms with Crippen LogP contribution in [0.25, 0.3) is 0 Å². The Labute approximate surface area is 114 Å². The maximum Gasteiger partial charge on any atom is 0.322 e. The number of aliphatic hydroxyl groups is 1. The fourth-order valence-electron chi connectivity index (χ4n) is 1.20. The molecule has 10 heteroatoms. The molecular formula is C10H18N4O6. The average molecular weight is 290 g/mol. The minimum Gasteiger partial charge on any atom is -0.480 e. The van der Waals surface area contributed by atoms with Gasteiger partial charge in [0.1, 0.15) is 18.6 Å². The number of carbonyl (C=O) groups excluding carboxylic acids is 3. The molecule has 0 spiro atoms. The van der Waals surface area contributed by atoms with E-state index in [4.69, 9.17) is 21.7 Å². The van der Waals surface area contributed by atoms with Crippen LogP contribution in [0.1, 0.15) is 12.8 Å². The molecule has 0 rings (SSSR count). The number of amides is 3. The molecule has 0 radical (unpaired) electrons. The van der Waals surface area contributed by atoms with Gasteiger partial charge in [0.05, 0.1) is 6.61 Å². The van der Waals surface area contributed by atoms with Gasteiger partial charge in [0, 0.05) is 6.42 Å². The smallest absolute Gasteiger partial charge is 0.322 e. The molecule has 10 nitrogen and oxygen atoms in total. The lowest BCUT2D eigenvalue weighted by Gasteiger charge is -2.19. The Morgan fingerprint density at radius 1 is 1.15 bits per heavy atom. The third-order valence-corrected chi connectivity index (χ3v) is 2.26. The Morgan fingerprint density at radius 2 is 1.75 bits per heavy atom. The molecule has 0 saturated heterocycles. The van der Waals surface area contributed by atoms with E-state index in [0.717, 1.165) is 0 Å². The van der Waals surface area contributed by atoms with Crippen LogP contribution in [0.15, 0.2) is 0 Å². The molecule has 3 amide bonds. The molecule has 0 aliphatic rings. The summed E-state index contributed by atoms with van der Waals surface area (Å²) in [6.45, 7) is -1.25. The zero-order valence-electron chi connectivity index (χ0n) is 10.7. The fourth-order valence-corrected chi connectivity index (χ4v) is 1.20. The van der Waals surface area contributed by atoms with Crippen LogP contribution in [0, 0.1) is 0 Å². The molecule has 0 saturated carbocycles. The van der Waals surface area contributed by atoms with Crippen molar-refractivity contribution < 1.29 is 29.4 Å². The highest BCUT2D eigenvalue weighted by molar-refractivity contribution is 5.91. The summed E-state index contributed by atoms with van der Waals surface area (Å²) in [6.07, 6.45) is -0.287. The van der Waals surface area contributed by atoms with Gasteiger partial charge in [0.25, 0.3) is 0 Å². The molecule has 114 valence electrons. The Kier molecular flexibility index (Phi) is 7.85. The second-order valence-electron chi connectivity index (χ2n) is 3.97. The van der Waals surface area contributed by atoms with E-state index in [9.17, 15) is 19.2 Å². The molecule has 8 N–H and O–H groups in total. The van der Waals surface area contributed by atoms with E-state index >= 15 is 0 Å². The molecule has 20 heavy (non-hydrogen) atoms. The molecule has 0 heterocycles. The Hall–Kier alpha value is -2.20. The molecular weight excluding hydrogens is 272 g/mol. The molecule has 0 aliphatic carbocycles. The van der Waals surface area contributed by atoms with Gasteiger partial charge in [0.2, 0.25) is 17.7 Å². The zero-order valence-corrected chi connectivity index (χ0v) is 10.7. The van der Waals surface area contributed by atoms with Crippen LogP contribution in [-0.2, 0) is 19.2 Å². The summed E-state index contributed by atoms with van der Waals surface area (Å²) >= 11 is 0. The fraction of sp³-hybridized carbons (Fsp3) is 0.600. The summed E-state index contributed by atoms with van der Waals surface area (Å²) in [5.74, 6) is -3.52. The van der Waals surface area contributed by atoms with Gasteiger partial charge in [0.15, 0.2) is 0 Å². The first-order valence-electron chi connectivity index (χ1n) is 5.72. The first kappa shape index (κ1) is 17.8. The monoisotopic (exact) mass is 290 g/mol. The van der Waals surface area contributed by atoms with Gasteiger partial charge in [-0.1, -0.05) is 0 Å². The predicted molar refractivity (Wildman–Crippen MR) is 66.1 cm³/mol. The largest absolute Gasteiger partial charge is 0.480 e. The van der Waals surface area contributed by atoms with Crippen LogP contribution >= 0.6 is 0 Å². The molecule has 0 aromatic rings. The maximum atomic E-state index is 11.7. The molecule has 0 aromatic heterocycles. The summed E-state index contributed by atoms with van der Waals surface area (Å²) < 4.78 is 0. The second-order valence-corrected chi connectivity index (χ2v) is 3.97. The van der Waals surface area contributed by atoms with Crippen molar-refractivity contribution >= 4 is 23.7 Å². The summed E-state index contributed by atoms with van der Waals surface area (Å²) in [5, 5.41) is 21.4. The number of nitrogens with two attached hydrogens (primary N) is 2. The van der Waals surface area contributed by atoms with Crippen molar-refractivity contribution in [3.8, 4) is 0 Å². The second kappa shape index (κ2) is 8.82. The maximum absolute atomic E-state index is 11.7. The van der Waals surface area contributed by atoms with Crippen molar-refractivity contribution in [3.05, 3.63) is 0 Å². The summed E-state index contributed by atoms with van der Waals surface area (Å²) in [4.78, 5) is 44.2. The molecule has 2 atom stereocenters. The topological polar surface area (TPSA) is 185 Å². The Bertz CT molecular complexity index is 386. The Balaban J connectivity index is 4.62. The SMILES string of the molecule is NC(=O)CC[C@H](NC(=O)[C@@H](N)CO)C(=O)NCC(=O)O. The molecule has 0 unspecified atom stereocenters. The van der Waals surface area contributed by atoms with Crippen molar-refractivity contribution in [2.75, 3.05) is 13.2 Å². The quantitative estimate of drug-likeness (QED) is 0.252. The van der Waals surface area contributed by atoms with Gasteiger partial charge >= 0.3 is 5.97 Å². The number of carboxylic acids is 1. The summed E-state index contributed by atoms with van der Waals surface area (Å²) in [5.41, 5.74) is 10.2. The van der Waals surface area contributed by atoms with Crippen molar-refractivity contribution in [2.45, 2.75) is 24.9 Å². The summed E-state index contributed by atoms with van der Waals surface area (Å²) in [7, 11) is 0. The lowest BCUT2D eigenvalue weighted by Crippen LogP contribution is -2.53. The number of carboxylic acid groups (broad SMARTS) is 1. The number of rotatable bonds is 9. The van der Waals surface area contributed by atoms with E-state index in [1.54, 1.807) is 0 Å². The van der Waals surface area contributed by atoms with Gasteiger partial charge in [-0.05, 0) is 6.42 Å². The van der Waals surface area contributed by atoms with E-state index < -0.39 is 48.9 Å². The molecule has 0 aromatic carbocycles. The first-order chi connectivity index (χ1) is 9.27. The van der Waals surface area contributed by atoms with Crippen LogP contribution in [0.5, 0.6) is 0 Å². The minimum absolute atomic E-state index is 0.106. The summed E-state index contributed by atoms with van der Waals surface area (Å²) in [6, 6.07) is -2.38. The van der Waals surface area contributed by atoms with Crippen molar-refractivity contribution in [2.24, 2.45) is 11.5 Å². The highest BCUT2D eigenvalue weighted by Crippen LogP contribution is 1.98. The van der Waals surface area contributed by atoms with Crippen LogP contribution < -0.4 is 22.1 Å². The van der Waals surface area contributed by atoms with Crippen LogP contribution in [0.2, 0.25) is 0 Å². The van der Waals surface area contributed by atoms with E-state index in [0.29, 0.717) is 0 Å². The van der Waals surface area contributed by atoms with Crippen molar-refractivity contribution in [1.29, 1.82) is 0 Å². The number of nitrogens with one attached hydrogen (secondary N) is 2. The zero-order chi connectivity index (χ0) is 15.7. The van der Waals surface area contributed by atoms with E-state index in [-0.39, 0.29) is 12.8 Å². The van der Waals surface area contributed by atoms with Crippen LogP contribution in [-0.4, -0.2) is 59.1 Å². The first-order valence-corrected chi connectivity index (χ1v) is 5.72. The van der Waals surface area contributed by atoms with Gasteiger partial charge in [-0.25, -0.2) is 0 Å². The number of aliphatic carboxylic acids is 1. The van der Waals surface area contributed by atoms with Gasteiger partial charge in [-0.2, -0.15) is 0 Å². The highest BCUT2D eigenvalue weighted by atomic mass is 16.4. The average Bonchev–Trinajstić information content (AvgIpc) is 2.38. The van der Waals surface area contributed by atoms with Gasteiger partial charge in [-0.3, -0.25) is 19.2 Å². The van der Waals surface area contributed by atoms with Crippen molar-refractivity contribution in [3.63, 3.8) is 0 Å². The Morgan fingerprint density at radius 3 is 2.20 bits per heavy atom.